The highest BCUT2D eigenvalue weighted by Crippen LogP contribution is 2.44. The van der Waals surface area contributed by atoms with E-state index >= 15 is 0 Å². The van der Waals surface area contributed by atoms with Gasteiger partial charge < -0.3 is 10.1 Å². The van der Waals surface area contributed by atoms with Gasteiger partial charge in [-0.25, -0.2) is 4.79 Å². The summed E-state index contributed by atoms with van der Waals surface area (Å²) >= 11 is 1.22. The Morgan fingerprint density at radius 1 is 0.903 bits per heavy atom. The average molecular weight is 432 g/mol. The van der Waals surface area contributed by atoms with Crippen LogP contribution < -0.4 is 5.32 Å². The second-order valence-corrected chi connectivity index (χ2v) is 8.86. The van der Waals surface area contributed by atoms with Crippen molar-refractivity contribution in [2.45, 2.75) is 25.3 Å². The normalized spacial score (nSPS) is 13.2. The second-order valence-electron chi connectivity index (χ2n) is 7.66. The lowest BCUT2D eigenvalue weighted by atomic mass is 9.98. The van der Waals surface area contributed by atoms with Crippen LogP contribution in [0.5, 0.6) is 0 Å². The summed E-state index contributed by atoms with van der Waals surface area (Å²) in [5.74, 6) is 0.534. The first-order valence-electron chi connectivity index (χ1n) is 10.4. The lowest BCUT2D eigenvalue weighted by Gasteiger charge is -2.19. The molecule has 0 aromatic heterocycles. The molecular weight excluding hydrogens is 406 g/mol. The first kappa shape index (κ1) is 21.2. The number of ether oxygens (including phenoxy) is 1. The van der Waals surface area contributed by atoms with Gasteiger partial charge >= 0.3 is 6.09 Å². The maximum absolute atomic E-state index is 12.6. The summed E-state index contributed by atoms with van der Waals surface area (Å²) in [6.45, 7) is 1.81. The number of hydrogen-bond donors (Lipinski definition) is 1. The number of rotatable bonds is 7. The third-order valence-corrected chi connectivity index (χ3v) is 6.45. The van der Waals surface area contributed by atoms with Crippen molar-refractivity contribution < 1.29 is 14.3 Å². The largest absolute Gasteiger partial charge is 0.449 e. The molecule has 3 aromatic rings. The van der Waals surface area contributed by atoms with E-state index < -0.39 is 6.09 Å². The SMILES string of the molecule is CC(=O)SC[C@H](Cc1ccccc1)NC(=O)OCC1c2ccccc2-c2ccccc21. The number of carbonyl (C=O) groups is 2. The third kappa shape index (κ3) is 5.17. The third-order valence-electron chi connectivity index (χ3n) is 5.48. The Balaban J connectivity index is 1.42. The lowest BCUT2D eigenvalue weighted by molar-refractivity contribution is -0.109. The highest BCUT2D eigenvalue weighted by molar-refractivity contribution is 8.13. The number of hydrogen-bond acceptors (Lipinski definition) is 4. The molecule has 158 valence electrons. The van der Waals surface area contributed by atoms with Gasteiger partial charge in [0.2, 0.25) is 0 Å². The summed E-state index contributed by atoms with van der Waals surface area (Å²) in [6.07, 6.45) is 0.192. The van der Waals surface area contributed by atoms with E-state index in [1.807, 2.05) is 54.6 Å². The molecule has 0 spiro atoms. The maximum Gasteiger partial charge on any atom is 0.407 e. The van der Waals surface area contributed by atoms with Gasteiger partial charge in [-0.2, -0.15) is 0 Å². The van der Waals surface area contributed by atoms with Gasteiger partial charge in [0, 0.05) is 24.6 Å². The Morgan fingerprint density at radius 2 is 1.48 bits per heavy atom. The predicted molar refractivity (Wildman–Crippen MR) is 125 cm³/mol. The van der Waals surface area contributed by atoms with E-state index in [9.17, 15) is 9.59 Å². The minimum Gasteiger partial charge on any atom is -0.449 e. The number of amides is 1. The van der Waals surface area contributed by atoms with Gasteiger partial charge in [0.1, 0.15) is 6.61 Å². The zero-order valence-electron chi connectivity index (χ0n) is 17.4. The Morgan fingerprint density at radius 3 is 2.10 bits per heavy atom. The zero-order valence-corrected chi connectivity index (χ0v) is 18.2. The van der Waals surface area contributed by atoms with Crippen LogP contribution in [0.15, 0.2) is 78.9 Å². The van der Waals surface area contributed by atoms with Gasteiger partial charge in [-0.05, 0) is 34.2 Å². The molecule has 0 radical (unpaired) electrons. The first-order chi connectivity index (χ1) is 15.1. The van der Waals surface area contributed by atoms with Gasteiger partial charge in [-0.3, -0.25) is 4.79 Å². The van der Waals surface area contributed by atoms with Crippen molar-refractivity contribution >= 4 is 23.0 Å². The van der Waals surface area contributed by atoms with Gasteiger partial charge in [0.15, 0.2) is 5.12 Å². The lowest BCUT2D eigenvalue weighted by Crippen LogP contribution is -2.39. The van der Waals surface area contributed by atoms with Gasteiger partial charge in [-0.15, -0.1) is 0 Å². The van der Waals surface area contributed by atoms with E-state index in [2.05, 4.69) is 29.6 Å². The van der Waals surface area contributed by atoms with E-state index in [1.54, 1.807) is 0 Å². The van der Waals surface area contributed by atoms with E-state index in [1.165, 1.54) is 40.9 Å². The minimum absolute atomic E-state index is 0.0253. The fourth-order valence-corrected chi connectivity index (χ4v) is 4.71. The molecule has 1 aliphatic carbocycles. The number of carbonyl (C=O) groups excluding carboxylic acids is 2. The maximum atomic E-state index is 12.6. The monoisotopic (exact) mass is 431 g/mol. The standard InChI is InChI=1S/C26H25NO3S/c1-18(28)31-17-20(15-19-9-3-2-4-10-19)27-26(29)30-16-25-23-13-7-5-11-21(23)22-12-6-8-14-24(22)25/h2-14,20,25H,15-17H2,1H3,(H,27,29)/t20-/m0/s1. The number of alkyl carbamates (subject to hydrolysis) is 1. The van der Waals surface area contributed by atoms with E-state index in [0.717, 1.165) is 5.56 Å². The molecule has 0 aliphatic heterocycles. The molecule has 0 heterocycles. The molecule has 31 heavy (non-hydrogen) atoms. The van der Waals surface area contributed by atoms with Crippen molar-refractivity contribution in [3.63, 3.8) is 0 Å². The number of benzene rings is 3. The van der Waals surface area contributed by atoms with Crippen LogP contribution in [0.2, 0.25) is 0 Å². The van der Waals surface area contributed by atoms with Crippen LogP contribution in [-0.2, 0) is 16.0 Å². The van der Waals surface area contributed by atoms with Crippen LogP contribution in [0.4, 0.5) is 4.79 Å². The van der Waals surface area contributed by atoms with Gasteiger partial charge in [-0.1, -0.05) is 90.6 Å². The van der Waals surface area contributed by atoms with Gasteiger partial charge in [0.05, 0.1) is 0 Å². The molecule has 0 fully saturated rings. The molecule has 0 unspecified atom stereocenters. The smallest absolute Gasteiger partial charge is 0.407 e. The summed E-state index contributed by atoms with van der Waals surface area (Å²) in [6, 6.07) is 26.3. The quantitative estimate of drug-likeness (QED) is 0.543. The van der Waals surface area contributed by atoms with Crippen molar-refractivity contribution in [3.05, 3.63) is 95.6 Å². The van der Waals surface area contributed by atoms with Gasteiger partial charge in [0.25, 0.3) is 0 Å². The van der Waals surface area contributed by atoms with Crippen LogP contribution in [0.25, 0.3) is 11.1 Å². The molecule has 1 atom stereocenters. The Bertz CT molecular complexity index is 1020. The van der Waals surface area contributed by atoms with Crippen LogP contribution in [-0.4, -0.2) is 29.6 Å². The molecule has 4 nitrogen and oxygen atoms in total. The van der Waals surface area contributed by atoms with Crippen molar-refractivity contribution in [2.24, 2.45) is 0 Å². The molecule has 4 rings (SSSR count). The molecule has 3 aromatic carbocycles. The van der Waals surface area contributed by atoms with Crippen molar-refractivity contribution in [1.29, 1.82) is 0 Å². The van der Waals surface area contributed by atoms with E-state index in [-0.39, 0.29) is 23.7 Å². The summed E-state index contributed by atoms with van der Waals surface area (Å²) in [5.41, 5.74) is 5.88. The Labute approximate surface area is 187 Å². The van der Waals surface area contributed by atoms with Crippen LogP contribution >= 0.6 is 11.8 Å². The molecule has 0 bridgehead atoms. The molecule has 0 saturated heterocycles. The van der Waals surface area contributed by atoms with Crippen molar-refractivity contribution in [3.8, 4) is 11.1 Å². The first-order valence-corrected chi connectivity index (χ1v) is 11.4. The summed E-state index contributed by atoms with van der Waals surface area (Å²) in [4.78, 5) is 24.1. The minimum atomic E-state index is -0.452. The average Bonchev–Trinajstić information content (AvgIpc) is 3.10. The fourth-order valence-electron chi connectivity index (χ4n) is 4.07. The molecule has 1 N–H and O–H groups in total. The molecule has 1 amide bonds. The summed E-state index contributed by atoms with van der Waals surface area (Å²) in [5, 5.41) is 2.99. The molecule has 1 aliphatic rings. The van der Waals surface area contributed by atoms with E-state index in [4.69, 9.17) is 4.74 Å². The summed E-state index contributed by atoms with van der Waals surface area (Å²) < 4.78 is 5.67. The van der Waals surface area contributed by atoms with Crippen molar-refractivity contribution in [1.82, 2.24) is 5.32 Å². The molecule has 0 saturated carbocycles. The Kier molecular flexibility index (Phi) is 6.73. The topological polar surface area (TPSA) is 55.4 Å². The predicted octanol–water partition coefficient (Wildman–Crippen LogP) is 5.42. The number of thioether (sulfide) groups is 1. The van der Waals surface area contributed by atoms with Crippen LogP contribution in [0, 0.1) is 0 Å². The second kappa shape index (κ2) is 9.84. The van der Waals surface area contributed by atoms with Crippen LogP contribution in [0.3, 0.4) is 0 Å². The molecular formula is C26H25NO3S. The highest BCUT2D eigenvalue weighted by atomic mass is 32.2. The number of nitrogens with one attached hydrogen (secondary N) is 1. The number of fused-ring (bicyclic) bond motifs is 3. The fraction of sp³-hybridized carbons (Fsp3) is 0.231. The van der Waals surface area contributed by atoms with E-state index in [0.29, 0.717) is 12.2 Å². The van der Waals surface area contributed by atoms with Crippen molar-refractivity contribution in [2.75, 3.05) is 12.4 Å². The highest BCUT2D eigenvalue weighted by Gasteiger charge is 2.29. The molecule has 5 heteroatoms. The van der Waals surface area contributed by atoms with Crippen LogP contribution in [0.1, 0.15) is 29.5 Å². The Hall–Kier alpha value is -3.05. The summed E-state index contributed by atoms with van der Waals surface area (Å²) in [7, 11) is 0. The zero-order chi connectivity index (χ0) is 21.6.